The fourth-order valence-corrected chi connectivity index (χ4v) is 1.71. The van der Waals surface area contributed by atoms with Crippen molar-refractivity contribution in [2.75, 3.05) is 13.2 Å². The number of aryl methyl sites for hydroxylation is 2. The van der Waals surface area contributed by atoms with E-state index in [0.29, 0.717) is 18.7 Å². The minimum absolute atomic E-state index is 0.0641. The fraction of sp³-hybridized carbons (Fsp3) is 0.467. The summed E-state index contributed by atoms with van der Waals surface area (Å²) in [6.07, 6.45) is 0.407. The summed E-state index contributed by atoms with van der Waals surface area (Å²) in [5.41, 5.74) is 2.12. The van der Waals surface area contributed by atoms with Crippen LogP contribution in [0.15, 0.2) is 18.2 Å². The average molecular weight is 279 g/mol. The number of nitrogens with one attached hydrogen (secondary N) is 1. The third-order valence-electron chi connectivity index (χ3n) is 3.01. The van der Waals surface area contributed by atoms with Crippen LogP contribution in [-0.4, -0.2) is 30.1 Å². The molecule has 2 N–H and O–H groups in total. The Morgan fingerprint density at radius 1 is 1.35 bits per heavy atom. The lowest BCUT2D eigenvalue weighted by Gasteiger charge is -2.11. The first-order chi connectivity index (χ1) is 9.40. The van der Waals surface area contributed by atoms with E-state index in [0.717, 1.165) is 11.1 Å². The molecular weight excluding hydrogens is 258 g/mol. The monoisotopic (exact) mass is 279 g/mol. The lowest BCUT2D eigenvalue weighted by atomic mass is 10.1. The van der Waals surface area contributed by atoms with Gasteiger partial charge in [-0.1, -0.05) is 24.6 Å². The molecule has 0 saturated heterocycles. The molecule has 0 aliphatic carbocycles. The van der Waals surface area contributed by atoms with Gasteiger partial charge in [0.25, 0.3) is 5.91 Å². The van der Waals surface area contributed by atoms with Crippen LogP contribution < -0.4 is 10.1 Å². The number of aliphatic carboxylic acids is 1. The average Bonchev–Trinajstić information content (AvgIpc) is 2.37. The molecule has 0 saturated carbocycles. The standard InChI is InChI=1S/C15H21NO4/c1-10-4-5-13(12(3)8-10)20-9-14(17)16-7-6-11(2)15(18)19/h4-5,8,11H,6-7,9H2,1-3H3,(H,16,17)(H,18,19). The third kappa shape index (κ3) is 5.30. The number of hydrogen-bond donors (Lipinski definition) is 2. The van der Waals surface area contributed by atoms with Crippen molar-refractivity contribution in [3.8, 4) is 5.75 Å². The van der Waals surface area contributed by atoms with Crippen LogP contribution in [0.1, 0.15) is 24.5 Å². The van der Waals surface area contributed by atoms with E-state index in [1.54, 1.807) is 6.92 Å². The van der Waals surface area contributed by atoms with Crippen LogP contribution in [0.25, 0.3) is 0 Å². The summed E-state index contributed by atoms with van der Waals surface area (Å²) in [5.74, 6) is -0.881. The molecule has 0 radical (unpaired) electrons. The smallest absolute Gasteiger partial charge is 0.306 e. The number of carboxylic acids is 1. The maximum Gasteiger partial charge on any atom is 0.306 e. The molecule has 20 heavy (non-hydrogen) atoms. The molecule has 0 bridgehead atoms. The van der Waals surface area contributed by atoms with Crippen LogP contribution in [0.4, 0.5) is 0 Å². The predicted octanol–water partition coefficient (Wildman–Crippen LogP) is 1.91. The van der Waals surface area contributed by atoms with E-state index in [2.05, 4.69) is 5.32 Å². The number of benzene rings is 1. The minimum Gasteiger partial charge on any atom is -0.484 e. The van der Waals surface area contributed by atoms with Gasteiger partial charge in [0, 0.05) is 6.54 Å². The lowest BCUT2D eigenvalue weighted by Crippen LogP contribution is -2.31. The van der Waals surface area contributed by atoms with E-state index in [-0.39, 0.29) is 12.5 Å². The van der Waals surface area contributed by atoms with E-state index >= 15 is 0 Å². The number of rotatable bonds is 7. The number of ether oxygens (including phenoxy) is 1. The Morgan fingerprint density at radius 3 is 2.65 bits per heavy atom. The highest BCUT2D eigenvalue weighted by Gasteiger charge is 2.11. The van der Waals surface area contributed by atoms with Crippen LogP contribution in [-0.2, 0) is 9.59 Å². The van der Waals surface area contributed by atoms with Crippen molar-refractivity contribution in [2.24, 2.45) is 5.92 Å². The number of amides is 1. The highest BCUT2D eigenvalue weighted by molar-refractivity contribution is 5.77. The Hall–Kier alpha value is -2.04. The molecule has 0 aliphatic heterocycles. The van der Waals surface area contributed by atoms with Crippen molar-refractivity contribution >= 4 is 11.9 Å². The second kappa shape index (κ2) is 7.53. The van der Waals surface area contributed by atoms with Crippen molar-refractivity contribution in [2.45, 2.75) is 27.2 Å². The number of hydrogen-bond acceptors (Lipinski definition) is 3. The SMILES string of the molecule is Cc1ccc(OCC(=O)NCCC(C)C(=O)O)c(C)c1. The molecule has 5 heteroatoms. The van der Waals surface area contributed by atoms with Crippen molar-refractivity contribution in [3.05, 3.63) is 29.3 Å². The van der Waals surface area contributed by atoms with E-state index in [9.17, 15) is 9.59 Å². The summed E-state index contributed by atoms with van der Waals surface area (Å²) < 4.78 is 5.43. The summed E-state index contributed by atoms with van der Waals surface area (Å²) in [7, 11) is 0. The summed E-state index contributed by atoms with van der Waals surface area (Å²) in [5, 5.41) is 11.4. The Balaban J connectivity index is 2.31. The van der Waals surface area contributed by atoms with Gasteiger partial charge >= 0.3 is 5.97 Å². The van der Waals surface area contributed by atoms with Gasteiger partial charge in [0.2, 0.25) is 0 Å². The summed E-state index contributed by atoms with van der Waals surface area (Å²) in [4.78, 5) is 22.2. The van der Waals surface area contributed by atoms with Gasteiger partial charge in [-0.3, -0.25) is 9.59 Å². The summed E-state index contributed by atoms with van der Waals surface area (Å²) >= 11 is 0. The van der Waals surface area contributed by atoms with Crippen LogP contribution >= 0.6 is 0 Å². The van der Waals surface area contributed by atoms with Crippen molar-refractivity contribution in [1.82, 2.24) is 5.32 Å². The number of carbonyl (C=O) groups excluding carboxylic acids is 1. The van der Waals surface area contributed by atoms with Crippen LogP contribution in [0.5, 0.6) is 5.75 Å². The first kappa shape index (κ1) is 16.0. The van der Waals surface area contributed by atoms with Gasteiger partial charge in [0.15, 0.2) is 6.61 Å². The molecular formula is C15H21NO4. The molecule has 0 heterocycles. The molecule has 0 fully saturated rings. The second-order valence-electron chi connectivity index (χ2n) is 4.94. The number of carbonyl (C=O) groups is 2. The largest absolute Gasteiger partial charge is 0.484 e. The molecule has 5 nitrogen and oxygen atoms in total. The Morgan fingerprint density at radius 2 is 2.05 bits per heavy atom. The van der Waals surface area contributed by atoms with E-state index in [1.807, 2.05) is 32.0 Å². The van der Waals surface area contributed by atoms with Gasteiger partial charge in [-0.15, -0.1) is 0 Å². The quantitative estimate of drug-likeness (QED) is 0.799. The van der Waals surface area contributed by atoms with Crippen molar-refractivity contribution < 1.29 is 19.4 Å². The topological polar surface area (TPSA) is 75.6 Å². The first-order valence-corrected chi connectivity index (χ1v) is 6.59. The zero-order chi connectivity index (χ0) is 15.1. The van der Waals surface area contributed by atoms with E-state index < -0.39 is 11.9 Å². The van der Waals surface area contributed by atoms with Gasteiger partial charge in [-0.2, -0.15) is 0 Å². The fourth-order valence-electron chi connectivity index (χ4n) is 1.71. The van der Waals surface area contributed by atoms with E-state index in [1.165, 1.54) is 0 Å². The van der Waals surface area contributed by atoms with Crippen LogP contribution in [0, 0.1) is 19.8 Å². The Bertz CT molecular complexity index is 485. The highest BCUT2D eigenvalue weighted by Crippen LogP contribution is 2.18. The zero-order valence-corrected chi connectivity index (χ0v) is 12.1. The highest BCUT2D eigenvalue weighted by atomic mass is 16.5. The minimum atomic E-state index is -0.856. The molecule has 1 amide bonds. The van der Waals surface area contributed by atoms with Gasteiger partial charge in [0.05, 0.1) is 5.92 Å². The molecule has 0 spiro atoms. The maximum absolute atomic E-state index is 11.6. The molecule has 0 aliphatic rings. The lowest BCUT2D eigenvalue weighted by molar-refractivity contribution is -0.141. The van der Waals surface area contributed by atoms with Gasteiger partial charge < -0.3 is 15.2 Å². The molecule has 1 unspecified atom stereocenters. The number of carboxylic acid groups (broad SMARTS) is 1. The molecule has 0 aromatic heterocycles. The molecule has 1 aromatic rings. The molecule has 1 aromatic carbocycles. The zero-order valence-electron chi connectivity index (χ0n) is 12.1. The van der Waals surface area contributed by atoms with E-state index in [4.69, 9.17) is 9.84 Å². The molecule has 110 valence electrons. The van der Waals surface area contributed by atoms with Crippen molar-refractivity contribution in [1.29, 1.82) is 0 Å². The van der Waals surface area contributed by atoms with Gasteiger partial charge in [0.1, 0.15) is 5.75 Å². The normalized spacial score (nSPS) is 11.8. The molecule has 1 atom stereocenters. The maximum atomic E-state index is 11.6. The summed E-state index contributed by atoms with van der Waals surface area (Å²) in [6.45, 7) is 5.80. The van der Waals surface area contributed by atoms with Gasteiger partial charge in [-0.25, -0.2) is 0 Å². The van der Waals surface area contributed by atoms with Crippen LogP contribution in [0.2, 0.25) is 0 Å². The Labute approximate surface area is 118 Å². The summed E-state index contributed by atoms with van der Waals surface area (Å²) in [6, 6.07) is 5.75. The second-order valence-corrected chi connectivity index (χ2v) is 4.94. The third-order valence-corrected chi connectivity index (χ3v) is 3.01. The van der Waals surface area contributed by atoms with Crippen LogP contribution in [0.3, 0.4) is 0 Å². The predicted molar refractivity (Wildman–Crippen MR) is 75.8 cm³/mol. The molecule has 1 rings (SSSR count). The first-order valence-electron chi connectivity index (χ1n) is 6.59. The Kier molecular flexibility index (Phi) is 6.03. The van der Waals surface area contributed by atoms with Crippen molar-refractivity contribution in [3.63, 3.8) is 0 Å². The van der Waals surface area contributed by atoms with Gasteiger partial charge in [-0.05, 0) is 31.9 Å².